The highest BCUT2D eigenvalue weighted by Gasteiger charge is 2.36. The van der Waals surface area contributed by atoms with Crippen molar-refractivity contribution in [2.75, 3.05) is 4.90 Å². The number of benzene rings is 9. The van der Waals surface area contributed by atoms with Gasteiger partial charge >= 0.3 is 0 Å². The van der Waals surface area contributed by atoms with Crippen LogP contribution in [0.5, 0.6) is 0 Å². The van der Waals surface area contributed by atoms with E-state index in [2.05, 4.69) is 243 Å². The standard InChI is InChI=1S/C57H43N/c1-57(2)54-30-18-17-29-51(54)52-33-32-47(39-55(52)57)58(48-36-45(40-19-7-3-8-20-40)35-46(37-48)41-21-9-4-10-22-41)56-34-31-44(38-53(56)43-25-13-6-14-26-43)50-28-16-15-27-49(50)42-23-11-5-12-24-42/h3-39H,1-2H3. The van der Waals surface area contributed by atoms with Crippen LogP contribution in [-0.2, 0) is 5.41 Å². The van der Waals surface area contributed by atoms with Gasteiger partial charge < -0.3 is 4.90 Å². The number of hydrogen-bond acceptors (Lipinski definition) is 1. The molecule has 0 radical (unpaired) electrons. The predicted molar refractivity (Wildman–Crippen MR) is 246 cm³/mol. The van der Waals surface area contributed by atoms with Gasteiger partial charge in [-0.1, -0.05) is 196 Å². The van der Waals surface area contributed by atoms with Crippen molar-refractivity contribution in [1.29, 1.82) is 0 Å². The van der Waals surface area contributed by atoms with Crippen molar-refractivity contribution in [3.8, 4) is 66.8 Å². The molecule has 1 nitrogen and oxygen atoms in total. The topological polar surface area (TPSA) is 3.24 Å². The number of nitrogens with zero attached hydrogens (tertiary/aromatic N) is 1. The van der Waals surface area contributed by atoms with E-state index in [0.29, 0.717) is 0 Å². The molecule has 0 N–H and O–H groups in total. The molecule has 9 aromatic carbocycles. The Kier molecular flexibility index (Phi) is 8.92. The van der Waals surface area contributed by atoms with Gasteiger partial charge in [0.15, 0.2) is 0 Å². The van der Waals surface area contributed by atoms with E-state index >= 15 is 0 Å². The van der Waals surface area contributed by atoms with E-state index in [4.69, 9.17) is 0 Å². The molecule has 10 rings (SSSR count). The zero-order valence-electron chi connectivity index (χ0n) is 32.8. The van der Waals surface area contributed by atoms with Crippen LogP contribution >= 0.6 is 0 Å². The lowest BCUT2D eigenvalue weighted by Crippen LogP contribution is -2.17. The number of anilines is 3. The summed E-state index contributed by atoms with van der Waals surface area (Å²) in [7, 11) is 0. The fourth-order valence-electron chi connectivity index (χ4n) is 8.95. The van der Waals surface area contributed by atoms with Gasteiger partial charge in [-0.25, -0.2) is 0 Å². The van der Waals surface area contributed by atoms with Gasteiger partial charge in [-0.05, 0) is 115 Å². The first-order chi connectivity index (χ1) is 28.5. The molecule has 0 fully saturated rings. The maximum absolute atomic E-state index is 2.49. The third-order valence-electron chi connectivity index (χ3n) is 11.9. The van der Waals surface area contributed by atoms with Gasteiger partial charge in [0.25, 0.3) is 0 Å². The summed E-state index contributed by atoms with van der Waals surface area (Å²) in [5.74, 6) is 0. The molecule has 1 heteroatoms. The summed E-state index contributed by atoms with van der Waals surface area (Å²) >= 11 is 0. The normalized spacial score (nSPS) is 12.4. The van der Waals surface area contributed by atoms with Crippen molar-refractivity contribution < 1.29 is 0 Å². The summed E-state index contributed by atoms with van der Waals surface area (Å²) in [5, 5.41) is 0. The lowest BCUT2D eigenvalue weighted by molar-refractivity contribution is 0.660. The molecule has 276 valence electrons. The van der Waals surface area contributed by atoms with Gasteiger partial charge in [-0.15, -0.1) is 0 Å². The highest BCUT2D eigenvalue weighted by atomic mass is 15.1. The van der Waals surface area contributed by atoms with Gasteiger partial charge in [0, 0.05) is 22.4 Å². The molecular formula is C57H43N. The van der Waals surface area contributed by atoms with Crippen LogP contribution in [0, 0.1) is 0 Å². The van der Waals surface area contributed by atoms with Crippen molar-refractivity contribution >= 4 is 17.1 Å². The van der Waals surface area contributed by atoms with Crippen LogP contribution in [0.25, 0.3) is 66.8 Å². The minimum atomic E-state index is -0.151. The van der Waals surface area contributed by atoms with Crippen molar-refractivity contribution in [3.05, 3.63) is 236 Å². The predicted octanol–water partition coefficient (Wildman–Crippen LogP) is 15.8. The highest BCUT2D eigenvalue weighted by molar-refractivity contribution is 5.95. The minimum Gasteiger partial charge on any atom is -0.310 e. The first-order valence-corrected chi connectivity index (χ1v) is 20.2. The van der Waals surface area contributed by atoms with Gasteiger partial charge in [-0.3, -0.25) is 0 Å². The third-order valence-corrected chi connectivity index (χ3v) is 11.9. The fraction of sp³-hybridized carbons (Fsp3) is 0.0526. The second kappa shape index (κ2) is 14.7. The van der Waals surface area contributed by atoms with Gasteiger partial charge in [0.1, 0.15) is 0 Å². The molecule has 0 aromatic heterocycles. The SMILES string of the molecule is CC1(C)c2ccccc2-c2ccc(N(c3cc(-c4ccccc4)cc(-c4ccccc4)c3)c3ccc(-c4ccccc4-c4ccccc4)cc3-c3ccccc3)cc21. The molecule has 0 atom stereocenters. The average Bonchev–Trinajstić information content (AvgIpc) is 3.53. The quantitative estimate of drug-likeness (QED) is 0.150. The van der Waals surface area contributed by atoms with E-state index in [1.807, 2.05) is 0 Å². The second-order valence-corrected chi connectivity index (χ2v) is 15.7. The second-order valence-electron chi connectivity index (χ2n) is 15.7. The Balaban J connectivity index is 1.25. The summed E-state index contributed by atoms with van der Waals surface area (Å²) in [6.07, 6.45) is 0. The summed E-state index contributed by atoms with van der Waals surface area (Å²) in [4.78, 5) is 2.49. The van der Waals surface area contributed by atoms with E-state index in [0.717, 1.165) is 28.2 Å². The van der Waals surface area contributed by atoms with Crippen LogP contribution in [-0.4, -0.2) is 0 Å². The Labute approximate surface area is 342 Å². The number of rotatable bonds is 8. The summed E-state index contributed by atoms with van der Waals surface area (Å²) < 4.78 is 0. The van der Waals surface area contributed by atoms with Crippen molar-refractivity contribution in [2.24, 2.45) is 0 Å². The Morgan fingerprint density at radius 2 is 0.741 bits per heavy atom. The van der Waals surface area contributed by atoms with Crippen LogP contribution in [0.2, 0.25) is 0 Å². The van der Waals surface area contributed by atoms with Crippen molar-refractivity contribution in [3.63, 3.8) is 0 Å². The van der Waals surface area contributed by atoms with Crippen LogP contribution in [0.1, 0.15) is 25.0 Å². The molecule has 1 aliphatic carbocycles. The van der Waals surface area contributed by atoms with Crippen LogP contribution < -0.4 is 4.90 Å². The van der Waals surface area contributed by atoms with E-state index in [1.165, 1.54) is 66.8 Å². The Morgan fingerprint density at radius 1 is 0.276 bits per heavy atom. The molecule has 1 aliphatic rings. The van der Waals surface area contributed by atoms with Crippen molar-refractivity contribution in [1.82, 2.24) is 0 Å². The lowest BCUT2D eigenvalue weighted by Gasteiger charge is -2.31. The molecule has 0 unspecified atom stereocenters. The van der Waals surface area contributed by atoms with Crippen LogP contribution in [0.4, 0.5) is 17.1 Å². The Bertz CT molecular complexity index is 2830. The first kappa shape index (κ1) is 35.2. The van der Waals surface area contributed by atoms with E-state index in [-0.39, 0.29) is 5.41 Å². The minimum absolute atomic E-state index is 0.151. The van der Waals surface area contributed by atoms with E-state index in [1.54, 1.807) is 0 Å². The zero-order valence-corrected chi connectivity index (χ0v) is 32.8. The molecule has 0 saturated heterocycles. The molecule has 0 bridgehead atoms. The van der Waals surface area contributed by atoms with Crippen molar-refractivity contribution in [2.45, 2.75) is 19.3 Å². The highest BCUT2D eigenvalue weighted by Crippen LogP contribution is 2.52. The largest absolute Gasteiger partial charge is 0.310 e. The molecular weight excluding hydrogens is 699 g/mol. The van der Waals surface area contributed by atoms with Crippen LogP contribution in [0.15, 0.2) is 224 Å². The summed E-state index contributed by atoms with van der Waals surface area (Å²) in [5.41, 5.74) is 20.4. The molecule has 58 heavy (non-hydrogen) atoms. The number of hydrogen-bond donors (Lipinski definition) is 0. The molecule has 0 aliphatic heterocycles. The van der Waals surface area contributed by atoms with Gasteiger partial charge in [-0.2, -0.15) is 0 Å². The molecule has 0 amide bonds. The maximum atomic E-state index is 2.49. The Hall–Kier alpha value is -7.22. The third kappa shape index (κ3) is 6.32. The first-order valence-electron chi connectivity index (χ1n) is 20.2. The van der Waals surface area contributed by atoms with E-state index < -0.39 is 0 Å². The van der Waals surface area contributed by atoms with E-state index in [9.17, 15) is 0 Å². The summed E-state index contributed by atoms with van der Waals surface area (Å²) in [6.45, 7) is 4.73. The lowest BCUT2D eigenvalue weighted by atomic mass is 9.82. The molecule has 0 spiro atoms. The molecule has 0 saturated carbocycles. The van der Waals surface area contributed by atoms with Gasteiger partial charge in [0.05, 0.1) is 5.69 Å². The summed E-state index contributed by atoms with van der Waals surface area (Å²) in [6, 6.07) is 82.0. The fourth-order valence-corrected chi connectivity index (χ4v) is 8.95. The number of fused-ring (bicyclic) bond motifs is 3. The molecule has 0 heterocycles. The zero-order chi connectivity index (χ0) is 39.1. The van der Waals surface area contributed by atoms with Gasteiger partial charge in [0.2, 0.25) is 0 Å². The monoisotopic (exact) mass is 741 g/mol. The van der Waals surface area contributed by atoms with Crippen LogP contribution in [0.3, 0.4) is 0 Å². The maximum Gasteiger partial charge on any atom is 0.0540 e. The molecule has 9 aromatic rings. The smallest absolute Gasteiger partial charge is 0.0540 e. The Morgan fingerprint density at radius 3 is 1.33 bits per heavy atom. The average molecular weight is 742 g/mol.